The summed E-state index contributed by atoms with van der Waals surface area (Å²) in [7, 11) is -3.47. The van der Waals surface area contributed by atoms with Gasteiger partial charge in [-0.3, -0.25) is 4.79 Å². The molecule has 27 heavy (non-hydrogen) atoms. The van der Waals surface area contributed by atoms with E-state index in [4.69, 9.17) is 5.73 Å². The second-order valence-electron chi connectivity index (χ2n) is 6.74. The van der Waals surface area contributed by atoms with Crippen molar-refractivity contribution in [1.82, 2.24) is 9.62 Å². The molecule has 0 aromatic heterocycles. The Morgan fingerprint density at radius 2 is 1.74 bits per heavy atom. The fourth-order valence-corrected chi connectivity index (χ4v) is 5.06. The van der Waals surface area contributed by atoms with Gasteiger partial charge in [-0.05, 0) is 42.2 Å². The highest BCUT2D eigenvalue weighted by atomic mass is 32.2. The first-order valence-corrected chi connectivity index (χ1v) is 10.6. The van der Waals surface area contributed by atoms with Crippen molar-refractivity contribution in [1.29, 1.82) is 0 Å². The van der Waals surface area contributed by atoms with Crippen LogP contribution in [0.3, 0.4) is 0 Å². The molecule has 0 saturated carbocycles. The third kappa shape index (κ3) is 4.74. The summed E-state index contributed by atoms with van der Waals surface area (Å²) in [6, 6.07) is 14.2. The molecular formula is C20H25N3O3S. The lowest BCUT2D eigenvalue weighted by atomic mass is 10.1. The predicted molar refractivity (Wildman–Crippen MR) is 105 cm³/mol. The van der Waals surface area contributed by atoms with Gasteiger partial charge in [0.05, 0.1) is 4.90 Å². The predicted octanol–water partition coefficient (Wildman–Crippen LogP) is 2.25. The second-order valence-corrected chi connectivity index (χ2v) is 8.65. The van der Waals surface area contributed by atoms with E-state index in [2.05, 4.69) is 5.32 Å². The van der Waals surface area contributed by atoms with Gasteiger partial charge in [-0.25, -0.2) is 8.42 Å². The van der Waals surface area contributed by atoms with E-state index in [0.717, 1.165) is 30.4 Å². The normalized spacial score (nSPS) is 15.6. The zero-order chi connectivity index (χ0) is 19.3. The van der Waals surface area contributed by atoms with Crippen LogP contribution >= 0.6 is 0 Å². The third-order valence-electron chi connectivity index (χ3n) is 4.76. The summed E-state index contributed by atoms with van der Waals surface area (Å²) >= 11 is 0. The average molecular weight is 388 g/mol. The standard InChI is InChI=1S/C20H25N3O3S/c21-20(24)17-9-6-7-16(13-17)14-22-15-18-8-2-3-10-19(18)27(25,26)23-11-4-1-5-12-23/h2-3,6-10,13,22H,1,4-5,11-12,14-15H2,(H2,21,24). The topological polar surface area (TPSA) is 92.5 Å². The van der Waals surface area contributed by atoms with E-state index in [0.29, 0.717) is 36.6 Å². The van der Waals surface area contributed by atoms with Crippen LogP contribution in [0.1, 0.15) is 40.7 Å². The van der Waals surface area contributed by atoms with E-state index in [9.17, 15) is 13.2 Å². The second kappa shape index (κ2) is 8.65. The average Bonchev–Trinajstić information content (AvgIpc) is 2.69. The molecule has 1 saturated heterocycles. The van der Waals surface area contributed by atoms with Crippen molar-refractivity contribution in [2.24, 2.45) is 5.73 Å². The SMILES string of the molecule is NC(=O)c1cccc(CNCc2ccccc2S(=O)(=O)N2CCCCC2)c1. The summed E-state index contributed by atoms with van der Waals surface area (Å²) in [5.41, 5.74) is 7.43. The van der Waals surface area contributed by atoms with Gasteiger partial charge in [0.15, 0.2) is 0 Å². The number of carbonyl (C=O) groups excluding carboxylic acids is 1. The Kier molecular flexibility index (Phi) is 6.26. The number of primary amides is 1. The number of hydrogen-bond acceptors (Lipinski definition) is 4. The molecule has 1 fully saturated rings. The molecule has 2 aromatic rings. The van der Waals surface area contributed by atoms with Crippen molar-refractivity contribution < 1.29 is 13.2 Å². The Balaban J connectivity index is 1.71. The van der Waals surface area contributed by atoms with Crippen LogP contribution in [0, 0.1) is 0 Å². The van der Waals surface area contributed by atoms with Crippen LogP contribution < -0.4 is 11.1 Å². The highest BCUT2D eigenvalue weighted by Gasteiger charge is 2.27. The molecule has 0 aliphatic carbocycles. The van der Waals surface area contributed by atoms with Crippen molar-refractivity contribution in [3.05, 3.63) is 65.2 Å². The number of hydrogen-bond donors (Lipinski definition) is 2. The number of nitrogens with two attached hydrogens (primary N) is 1. The van der Waals surface area contributed by atoms with Crippen molar-refractivity contribution >= 4 is 15.9 Å². The van der Waals surface area contributed by atoms with Gasteiger partial charge in [0.2, 0.25) is 15.9 Å². The van der Waals surface area contributed by atoms with Crippen LogP contribution in [-0.4, -0.2) is 31.7 Å². The van der Waals surface area contributed by atoms with Crippen molar-refractivity contribution in [2.45, 2.75) is 37.2 Å². The third-order valence-corrected chi connectivity index (χ3v) is 6.76. The molecule has 1 amide bonds. The number of nitrogens with one attached hydrogen (secondary N) is 1. The molecule has 7 heteroatoms. The molecule has 3 rings (SSSR count). The summed E-state index contributed by atoms with van der Waals surface area (Å²) in [6.07, 6.45) is 2.91. The lowest BCUT2D eigenvalue weighted by Gasteiger charge is -2.26. The number of rotatable bonds is 7. The summed E-state index contributed by atoms with van der Waals surface area (Å²) in [5.74, 6) is -0.463. The lowest BCUT2D eigenvalue weighted by Crippen LogP contribution is -2.36. The van der Waals surface area contributed by atoms with E-state index in [-0.39, 0.29) is 0 Å². The molecule has 1 aliphatic heterocycles. The Morgan fingerprint density at radius 1 is 1.00 bits per heavy atom. The summed E-state index contributed by atoms with van der Waals surface area (Å²) < 4.78 is 27.6. The molecule has 2 aromatic carbocycles. The lowest BCUT2D eigenvalue weighted by molar-refractivity contribution is 0.1000. The highest BCUT2D eigenvalue weighted by Crippen LogP contribution is 2.23. The largest absolute Gasteiger partial charge is 0.366 e. The smallest absolute Gasteiger partial charge is 0.248 e. The van der Waals surface area contributed by atoms with Gasteiger partial charge in [0.25, 0.3) is 0 Å². The fraction of sp³-hybridized carbons (Fsp3) is 0.350. The van der Waals surface area contributed by atoms with Gasteiger partial charge >= 0.3 is 0 Å². The number of carbonyl (C=O) groups is 1. The van der Waals surface area contributed by atoms with Crippen molar-refractivity contribution in [3.63, 3.8) is 0 Å². The molecule has 0 radical (unpaired) electrons. The minimum absolute atomic E-state index is 0.366. The van der Waals surface area contributed by atoms with Gasteiger partial charge in [0.1, 0.15) is 0 Å². The number of piperidine rings is 1. The zero-order valence-electron chi connectivity index (χ0n) is 15.2. The Bertz CT molecular complexity index is 906. The van der Waals surface area contributed by atoms with Crippen molar-refractivity contribution in [3.8, 4) is 0 Å². The molecule has 0 spiro atoms. The first-order valence-electron chi connectivity index (χ1n) is 9.16. The van der Waals surface area contributed by atoms with E-state index in [1.54, 1.807) is 34.6 Å². The number of nitrogens with zero attached hydrogens (tertiary/aromatic N) is 1. The van der Waals surface area contributed by atoms with Gasteiger partial charge < -0.3 is 11.1 Å². The number of benzene rings is 2. The Labute approximate surface area is 160 Å². The highest BCUT2D eigenvalue weighted by molar-refractivity contribution is 7.89. The fourth-order valence-electron chi connectivity index (χ4n) is 3.32. The number of amides is 1. The summed E-state index contributed by atoms with van der Waals surface area (Å²) in [6.45, 7) is 2.11. The molecule has 0 bridgehead atoms. The quantitative estimate of drug-likeness (QED) is 0.762. The molecule has 0 atom stereocenters. The van der Waals surface area contributed by atoms with Gasteiger partial charge in [-0.15, -0.1) is 0 Å². The molecule has 1 aliphatic rings. The molecular weight excluding hydrogens is 362 g/mol. The van der Waals surface area contributed by atoms with E-state index in [1.807, 2.05) is 18.2 Å². The minimum atomic E-state index is -3.47. The molecule has 1 heterocycles. The maximum absolute atomic E-state index is 13.0. The molecule has 3 N–H and O–H groups in total. The van der Waals surface area contributed by atoms with E-state index >= 15 is 0 Å². The van der Waals surface area contributed by atoms with E-state index in [1.165, 1.54) is 0 Å². The van der Waals surface area contributed by atoms with Crippen molar-refractivity contribution in [2.75, 3.05) is 13.1 Å². The van der Waals surface area contributed by atoms with Gasteiger partial charge in [0, 0.05) is 31.7 Å². The maximum atomic E-state index is 13.0. The van der Waals surface area contributed by atoms with Crippen LogP contribution in [0.2, 0.25) is 0 Å². The van der Waals surface area contributed by atoms with Crippen LogP contribution in [0.4, 0.5) is 0 Å². The first kappa shape index (κ1) is 19.5. The summed E-state index contributed by atoms with van der Waals surface area (Å²) in [5, 5.41) is 3.26. The minimum Gasteiger partial charge on any atom is -0.366 e. The zero-order valence-corrected chi connectivity index (χ0v) is 16.0. The van der Waals surface area contributed by atoms with E-state index < -0.39 is 15.9 Å². The summed E-state index contributed by atoms with van der Waals surface area (Å²) in [4.78, 5) is 11.7. The van der Waals surface area contributed by atoms with Crippen LogP contribution in [-0.2, 0) is 23.1 Å². The van der Waals surface area contributed by atoms with Crippen LogP contribution in [0.25, 0.3) is 0 Å². The molecule has 6 nitrogen and oxygen atoms in total. The van der Waals surface area contributed by atoms with Gasteiger partial charge in [-0.1, -0.05) is 36.8 Å². The van der Waals surface area contributed by atoms with Crippen LogP contribution in [0.15, 0.2) is 53.4 Å². The Morgan fingerprint density at radius 3 is 2.48 bits per heavy atom. The van der Waals surface area contributed by atoms with Crippen LogP contribution in [0.5, 0.6) is 0 Å². The molecule has 0 unspecified atom stereocenters. The van der Waals surface area contributed by atoms with Gasteiger partial charge in [-0.2, -0.15) is 4.31 Å². The number of sulfonamides is 1. The monoisotopic (exact) mass is 387 g/mol. The Hall–Kier alpha value is -2.22. The first-order chi connectivity index (χ1) is 13.0. The molecule has 144 valence electrons. The maximum Gasteiger partial charge on any atom is 0.248 e.